The van der Waals surface area contributed by atoms with E-state index in [4.69, 9.17) is 5.11 Å². The number of rotatable bonds is 8. The van der Waals surface area contributed by atoms with Crippen LogP contribution in [0, 0.1) is 5.92 Å². The molecule has 0 aromatic rings. The van der Waals surface area contributed by atoms with Gasteiger partial charge in [-0.25, -0.2) is 4.72 Å². The van der Waals surface area contributed by atoms with Crippen molar-refractivity contribution < 1.29 is 18.3 Å². The zero-order valence-electron chi connectivity index (χ0n) is 10.7. The summed E-state index contributed by atoms with van der Waals surface area (Å²) in [6, 6.07) is 0. The Morgan fingerprint density at radius 2 is 2.32 bits per heavy atom. The molecule has 0 amide bonds. The monoisotopic (exact) mass is 308 g/mol. The molecule has 0 saturated carbocycles. The van der Waals surface area contributed by atoms with Gasteiger partial charge < -0.3 is 5.11 Å². The van der Waals surface area contributed by atoms with Crippen LogP contribution >= 0.6 is 11.8 Å². The molecule has 6 nitrogen and oxygen atoms in total. The van der Waals surface area contributed by atoms with Crippen molar-refractivity contribution in [1.29, 1.82) is 0 Å². The molecule has 0 spiro atoms. The quantitative estimate of drug-likeness (QED) is 0.505. The van der Waals surface area contributed by atoms with Gasteiger partial charge in [-0.2, -0.15) is 24.5 Å². The van der Waals surface area contributed by atoms with Gasteiger partial charge in [0.2, 0.25) is 0 Å². The van der Waals surface area contributed by atoms with Gasteiger partial charge in [0.1, 0.15) is 0 Å². The Bertz CT molecular complexity index is 411. The van der Waals surface area contributed by atoms with Crippen LogP contribution in [-0.2, 0) is 15.0 Å². The molecule has 0 aromatic carbocycles. The molecular formula is C11H20N2O4S2. The first-order valence-electron chi connectivity index (χ1n) is 6.13. The predicted molar refractivity (Wildman–Crippen MR) is 76.4 cm³/mol. The standard InChI is InChI=1S/C11H20N2O4S2/c1-2-7-18-8-5-12-19(16,17)13-6-3-4-10(9-13)11(14)15/h2,10,12H,1,3-9H2,(H,14,15). The summed E-state index contributed by atoms with van der Waals surface area (Å²) in [6.45, 7) is 4.37. The summed E-state index contributed by atoms with van der Waals surface area (Å²) in [5.74, 6) is -0.0737. The molecule has 1 aliphatic rings. The van der Waals surface area contributed by atoms with Crippen LogP contribution < -0.4 is 4.72 Å². The SMILES string of the molecule is C=CCSCCNS(=O)(=O)N1CCCC(C(=O)O)C1. The van der Waals surface area contributed by atoms with Crippen molar-refractivity contribution in [2.24, 2.45) is 5.92 Å². The van der Waals surface area contributed by atoms with E-state index in [1.807, 2.05) is 0 Å². The van der Waals surface area contributed by atoms with E-state index in [-0.39, 0.29) is 6.54 Å². The third-order valence-electron chi connectivity index (χ3n) is 2.84. The first-order valence-corrected chi connectivity index (χ1v) is 8.73. The fraction of sp³-hybridized carbons (Fsp3) is 0.727. The number of carboxylic acids is 1. The van der Waals surface area contributed by atoms with Crippen LogP contribution in [0.4, 0.5) is 0 Å². The maximum absolute atomic E-state index is 12.0. The normalized spacial score (nSPS) is 21.2. The topological polar surface area (TPSA) is 86.7 Å². The first-order chi connectivity index (χ1) is 8.97. The lowest BCUT2D eigenvalue weighted by Gasteiger charge is -2.29. The first kappa shape index (κ1) is 16.5. The lowest BCUT2D eigenvalue weighted by molar-refractivity contribution is -0.142. The van der Waals surface area contributed by atoms with Gasteiger partial charge in [-0.3, -0.25) is 4.79 Å². The van der Waals surface area contributed by atoms with Crippen LogP contribution in [0.2, 0.25) is 0 Å². The molecule has 0 aliphatic carbocycles. The maximum Gasteiger partial charge on any atom is 0.307 e. The lowest BCUT2D eigenvalue weighted by Crippen LogP contribution is -2.47. The summed E-state index contributed by atoms with van der Waals surface area (Å²) < 4.78 is 27.7. The molecular weight excluding hydrogens is 288 g/mol. The van der Waals surface area contributed by atoms with Crippen LogP contribution in [0.15, 0.2) is 12.7 Å². The molecule has 19 heavy (non-hydrogen) atoms. The van der Waals surface area contributed by atoms with Crippen molar-refractivity contribution in [2.45, 2.75) is 12.8 Å². The fourth-order valence-corrected chi connectivity index (χ4v) is 3.86. The molecule has 0 bridgehead atoms. The van der Waals surface area contributed by atoms with Crippen LogP contribution in [0.25, 0.3) is 0 Å². The smallest absolute Gasteiger partial charge is 0.307 e. The molecule has 1 fully saturated rings. The molecule has 110 valence electrons. The summed E-state index contributed by atoms with van der Waals surface area (Å²) in [4.78, 5) is 10.9. The van der Waals surface area contributed by atoms with Crippen molar-refractivity contribution in [2.75, 3.05) is 31.1 Å². The molecule has 1 saturated heterocycles. The third kappa shape index (κ3) is 5.52. The number of nitrogens with zero attached hydrogens (tertiary/aromatic N) is 1. The molecule has 0 aromatic heterocycles. The summed E-state index contributed by atoms with van der Waals surface area (Å²) in [5, 5.41) is 8.94. The van der Waals surface area contributed by atoms with Gasteiger partial charge in [0.25, 0.3) is 10.2 Å². The van der Waals surface area contributed by atoms with E-state index < -0.39 is 22.1 Å². The fourth-order valence-electron chi connectivity index (χ4n) is 1.86. The highest BCUT2D eigenvalue weighted by Gasteiger charge is 2.31. The van der Waals surface area contributed by atoms with Gasteiger partial charge in [-0.15, -0.1) is 6.58 Å². The molecule has 2 N–H and O–H groups in total. The Morgan fingerprint density at radius 1 is 1.58 bits per heavy atom. The summed E-state index contributed by atoms with van der Waals surface area (Å²) in [5.41, 5.74) is 0. The van der Waals surface area contributed by atoms with Gasteiger partial charge in [-0.05, 0) is 12.8 Å². The average molecular weight is 308 g/mol. The minimum absolute atomic E-state index is 0.0600. The van der Waals surface area contributed by atoms with Gasteiger partial charge in [0.15, 0.2) is 0 Å². The number of thioether (sulfide) groups is 1. The van der Waals surface area contributed by atoms with Gasteiger partial charge in [0, 0.05) is 31.1 Å². The van der Waals surface area contributed by atoms with Crippen LogP contribution in [0.5, 0.6) is 0 Å². The molecule has 1 heterocycles. The number of piperidine rings is 1. The van der Waals surface area contributed by atoms with Crippen molar-refractivity contribution in [1.82, 2.24) is 9.03 Å². The minimum Gasteiger partial charge on any atom is -0.481 e. The zero-order valence-corrected chi connectivity index (χ0v) is 12.4. The Hall–Kier alpha value is -0.570. The maximum atomic E-state index is 12.0. The Morgan fingerprint density at radius 3 is 2.95 bits per heavy atom. The molecule has 1 unspecified atom stereocenters. The number of hydrogen-bond donors (Lipinski definition) is 2. The molecule has 1 atom stereocenters. The van der Waals surface area contributed by atoms with Crippen molar-refractivity contribution >= 4 is 27.9 Å². The minimum atomic E-state index is -3.56. The van der Waals surface area contributed by atoms with Crippen LogP contribution in [-0.4, -0.2) is 54.9 Å². The van der Waals surface area contributed by atoms with Crippen LogP contribution in [0.1, 0.15) is 12.8 Å². The van der Waals surface area contributed by atoms with Crippen molar-refractivity contribution in [3.63, 3.8) is 0 Å². The van der Waals surface area contributed by atoms with Gasteiger partial charge >= 0.3 is 5.97 Å². The third-order valence-corrected chi connectivity index (χ3v) is 5.38. The number of carboxylic acid groups (broad SMARTS) is 1. The number of hydrogen-bond acceptors (Lipinski definition) is 4. The average Bonchev–Trinajstić information content (AvgIpc) is 2.38. The van der Waals surface area contributed by atoms with E-state index in [9.17, 15) is 13.2 Å². The van der Waals surface area contributed by atoms with Gasteiger partial charge in [-0.1, -0.05) is 6.08 Å². The van der Waals surface area contributed by atoms with Crippen molar-refractivity contribution in [3.05, 3.63) is 12.7 Å². The molecule has 0 radical (unpaired) electrons. The van der Waals surface area contributed by atoms with Crippen LogP contribution in [0.3, 0.4) is 0 Å². The number of aliphatic carboxylic acids is 1. The molecule has 1 aliphatic heterocycles. The summed E-state index contributed by atoms with van der Waals surface area (Å²) in [7, 11) is -3.56. The van der Waals surface area contributed by atoms with E-state index in [0.717, 1.165) is 5.75 Å². The zero-order chi connectivity index (χ0) is 14.3. The summed E-state index contributed by atoms with van der Waals surface area (Å²) >= 11 is 1.59. The predicted octanol–water partition coefficient (Wildman–Crippen LogP) is 0.537. The van der Waals surface area contributed by atoms with E-state index in [1.165, 1.54) is 4.31 Å². The lowest BCUT2D eigenvalue weighted by atomic mass is 10.0. The Labute approximate surface area is 118 Å². The Balaban J connectivity index is 2.43. The summed E-state index contributed by atoms with van der Waals surface area (Å²) in [6.07, 6.45) is 2.89. The van der Waals surface area contributed by atoms with E-state index in [0.29, 0.717) is 31.7 Å². The highest BCUT2D eigenvalue weighted by molar-refractivity contribution is 7.99. The largest absolute Gasteiger partial charge is 0.481 e. The van der Waals surface area contributed by atoms with E-state index >= 15 is 0 Å². The van der Waals surface area contributed by atoms with Gasteiger partial charge in [0.05, 0.1) is 5.92 Å². The molecule has 8 heteroatoms. The second-order valence-electron chi connectivity index (χ2n) is 4.30. The highest BCUT2D eigenvalue weighted by atomic mass is 32.2. The number of nitrogens with one attached hydrogen (secondary N) is 1. The second kappa shape index (κ2) is 7.88. The van der Waals surface area contributed by atoms with Crippen molar-refractivity contribution in [3.8, 4) is 0 Å². The highest BCUT2D eigenvalue weighted by Crippen LogP contribution is 2.18. The number of carbonyl (C=O) groups is 1. The van der Waals surface area contributed by atoms with E-state index in [2.05, 4.69) is 11.3 Å². The molecule has 1 rings (SSSR count). The second-order valence-corrected chi connectivity index (χ2v) is 7.20. The van der Waals surface area contributed by atoms with E-state index in [1.54, 1.807) is 17.8 Å². The Kier molecular flexibility index (Phi) is 6.84.